The van der Waals surface area contributed by atoms with Crippen LogP contribution in [0.3, 0.4) is 0 Å². The monoisotopic (exact) mass is 470 g/mol. The van der Waals surface area contributed by atoms with Gasteiger partial charge in [0, 0.05) is 24.6 Å². The molecule has 0 unspecified atom stereocenters. The van der Waals surface area contributed by atoms with Crippen molar-refractivity contribution in [3.05, 3.63) is 120 Å². The van der Waals surface area contributed by atoms with E-state index < -0.39 is 23.7 Å². The Hall–Kier alpha value is -4.59. The first kappa shape index (κ1) is 23.6. The van der Waals surface area contributed by atoms with Gasteiger partial charge in [0.25, 0.3) is 11.8 Å². The minimum Gasteiger partial charge on any atom is -0.497 e. The Morgan fingerprint density at radius 3 is 2.46 bits per heavy atom. The lowest BCUT2D eigenvalue weighted by molar-refractivity contribution is -0.121. The Labute approximate surface area is 202 Å². The standard InChI is InChI=1S/C27H23FN4O3/c1-35-23-9-5-6-19(16-23)18-32(27(34)24-17-29-14-15-30-24)25(20-7-3-2-4-8-20)26(33)31-22-12-10-21(28)11-13-22/h2-17,25H,18H2,1H3,(H,31,33)/t25-/m0/s1. The average Bonchev–Trinajstić information content (AvgIpc) is 2.90. The summed E-state index contributed by atoms with van der Waals surface area (Å²) in [4.78, 5) is 36.9. The molecule has 0 aliphatic rings. The van der Waals surface area contributed by atoms with E-state index in [2.05, 4.69) is 15.3 Å². The van der Waals surface area contributed by atoms with Crippen LogP contribution < -0.4 is 10.1 Å². The molecule has 1 heterocycles. The average molecular weight is 471 g/mol. The second-order valence-electron chi connectivity index (χ2n) is 7.68. The lowest BCUT2D eigenvalue weighted by Gasteiger charge is -2.31. The van der Waals surface area contributed by atoms with Gasteiger partial charge in [0.2, 0.25) is 0 Å². The van der Waals surface area contributed by atoms with Crippen LogP contribution in [-0.2, 0) is 11.3 Å². The summed E-state index contributed by atoms with van der Waals surface area (Å²) in [6.07, 6.45) is 4.26. The van der Waals surface area contributed by atoms with Crippen molar-refractivity contribution in [2.24, 2.45) is 0 Å². The molecule has 3 aromatic carbocycles. The molecule has 4 rings (SSSR count). The van der Waals surface area contributed by atoms with E-state index in [1.165, 1.54) is 47.8 Å². The largest absolute Gasteiger partial charge is 0.497 e. The lowest BCUT2D eigenvalue weighted by atomic mass is 10.0. The van der Waals surface area contributed by atoms with Crippen LogP contribution in [0.5, 0.6) is 5.75 Å². The highest BCUT2D eigenvalue weighted by Crippen LogP contribution is 2.27. The Bertz CT molecular complexity index is 1280. The first-order valence-corrected chi connectivity index (χ1v) is 10.9. The molecule has 0 aliphatic heterocycles. The van der Waals surface area contributed by atoms with Gasteiger partial charge in [0.1, 0.15) is 23.3 Å². The number of nitrogens with zero attached hydrogens (tertiary/aromatic N) is 3. The molecule has 35 heavy (non-hydrogen) atoms. The van der Waals surface area contributed by atoms with Crippen LogP contribution in [0.1, 0.15) is 27.7 Å². The molecular formula is C27H23FN4O3. The second kappa shape index (κ2) is 11.0. The highest BCUT2D eigenvalue weighted by molar-refractivity contribution is 6.00. The van der Waals surface area contributed by atoms with Crippen LogP contribution in [0.15, 0.2) is 97.5 Å². The third-order valence-electron chi connectivity index (χ3n) is 5.32. The zero-order chi connectivity index (χ0) is 24.6. The van der Waals surface area contributed by atoms with Gasteiger partial charge in [-0.2, -0.15) is 0 Å². The fourth-order valence-electron chi connectivity index (χ4n) is 3.66. The van der Waals surface area contributed by atoms with Crippen LogP contribution in [-0.4, -0.2) is 33.8 Å². The van der Waals surface area contributed by atoms with Crippen LogP contribution in [0.2, 0.25) is 0 Å². The molecule has 0 saturated carbocycles. The van der Waals surface area contributed by atoms with Crippen LogP contribution in [0.25, 0.3) is 0 Å². The lowest BCUT2D eigenvalue weighted by Crippen LogP contribution is -2.41. The predicted molar refractivity (Wildman–Crippen MR) is 129 cm³/mol. The maximum Gasteiger partial charge on any atom is 0.275 e. The number of amides is 2. The molecule has 1 aromatic heterocycles. The third-order valence-corrected chi connectivity index (χ3v) is 5.32. The smallest absolute Gasteiger partial charge is 0.275 e. The number of carbonyl (C=O) groups excluding carboxylic acids is 2. The molecule has 4 aromatic rings. The Morgan fingerprint density at radius 1 is 1.00 bits per heavy atom. The molecule has 0 spiro atoms. The summed E-state index contributed by atoms with van der Waals surface area (Å²) in [7, 11) is 1.56. The molecule has 0 bridgehead atoms. The molecule has 0 saturated heterocycles. The van der Waals surface area contributed by atoms with Crippen molar-refractivity contribution in [2.75, 3.05) is 12.4 Å². The number of hydrogen-bond donors (Lipinski definition) is 1. The molecule has 1 atom stereocenters. The molecule has 7 nitrogen and oxygen atoms in total. The van der Waals surface area contributed by atoms with E-state index in [9.17, 15) is 14.0 Å². The number of carbonyl (C=O) groups is 2. The quantitative estimate of drug-likeness (QED) is 0.405. The van der Waals surface area contributed by atoms with E-state index in [1.807, 2.05) is 18.2 Å². The number of hydrogen-bond acceptors (Lipinski definition) is 5. The highest BCUT2D eigenvalue weighted by atomic mass is 19.1. The van der Waals surface area contributed by atoms with Crippen LogP contribution in [0.4, 0.5) is 10.1 Å². The molecule has 0 radical (unpaired) electrons. The second-order valence-corrected chi connectivity index (χ2v) is 7.68. The van der Waals surface area contributed by atoms with Crippen molar-refractivity contribution in [1.82, 2.24) is 14.9 Å². The number of halogens is 1. The van der Waals surface area contributed by atoms with Crippen LogP contribution >= 0.6 is 0 Å². The predicted octanol–water partition coefficient (Wildman–Crippen LogP) is 4.65. The van der Waals surface area contributed by atoms with Gasteiger partial charge < -0.3 is 15.0 Å². The van der Waals surface area contributed by atoms with Gasteiger partial charge in [-0.3, -0.25) is 14.6 Å². The highest BCUT2D eigenvalue weighted by Gasteiger charge is 2.33. The first-order valence-electron chi connectivity index (χ1n) is 10.9. The van der Waals surface area contributed by atoms with Gasteiger partial charge in [-0.25, -0.2) is 9.37 Å². The molecule has 0 fully saturated rings. The normalized spacial score (nSPS) is 11.4. The van der Waals surface area contributed by atoms with E-state index in [0.717, 1.165) is 5.56 Å². The van der Waals surface area contributed by atoms with Gasteiger partial charge in [-0.15, -0.1) is 0 Å². The minimum absolute atomic E-state index is 0.100. The fraction of sp³-hybridized carbons (Fsp3) is 0.111. The van der Waals surface area contributed by atoms with Crippen molar-refractivity contribution < 1.29 is 18.7 Å². The molecule has 2 amide bonds. The van der Waals surface area contributed by atoms with E-state index in [4.69, 9.17) is 4.74 Å². The van der Waals surface area contributed by atoms with Crippen molar-refractivity contribution in [3.63, 3.8) is 0 Å². The number of anilines is 1. The van der Waals surface area contributed by atoms with Gasteiger partial charge in [-0.1, -0.05) is 42.5 Å². The Kier molecular flexibility index (Phi) is 7.42. The van der Waals surface area contributed by atoms with Crippen molar-refractivity contribution in [1.29, 1.82) is 0 Å². The zero-order valence-corrected chi connectivity index (χ0v) is 19.0. The summed E-state index contributed by atoms with van der Waals surface area (Å²) in [6.45, 7) is 0.100. The van der Waals surface area contributed by atoms with Crippen molar-refractivity contribution in [2.45, 2.75) is 12.6 Å². The number of rotatable bonds is 8. The number of methoxy groups -OCH3 is 1. The summed E-state index contributed by atoms with van der Waals surface area (Å²) in [5.74, 6) is -0.714. The van der Waals surface area contributed by atoms with Gasteiger partial charge in [0.05, 0.1) is 13.3 Å². The summed E-state index contributed by atoms with van der Waals surface area (Å²) >= 11 is 0. The summed E-state index contributed by atoms with van der Waals surface area (Å²) in [5.41, 5.74) is 1.88. The number of aromatic nitrogens is 2. The Balaban J connectivity index is 1.77. The fourth-order valence-corrected chi connectivity index (χ4v) is 3.66. The van der Waals surface area contributed by atoms with E-state index in [1.54, 1.807) is 43.5 Å². The van der Waals surface area contributed by atoms with E-state index in [0.29, 0.717) is 17.0 Å². The summed E-state index contributed by atoms with van der Waals surface area (Å²) < 4.78 is 18.7. The molecule has 176 valence electrons. The van der Waals surface area contributed by atoms with E-state index >= 15 is 0 Å². The maximum atomic E-state index is 13.7. The molecule has 8 heteroatoms. The molecular weight excluding hydrogens is 447 g/mol. The summed E-state index contributed by atoms with van der Waals surface area (Å²) in [6, 6.07) is 20.7. The van der Waals surface area contributed by atoms with Gasteiger partial charge in [0.15, 0.2) is 0 Å². The Morgan fingerprint density at radius 2 is 1.77 bits per heavy atom. The van der Waals surface area contributed by atoms with Crippen molar-refractivity contribution >= 4 is 17.5 Å². The topological polar surface area (TPSA) is 84.4 Å². The number of ether oxygens (including phenoxy) is 1. The first-order chi connectivity index (χ1) is 17.0. The zero-order valence-electron chi connectivity index (χ0n) is 19.0. The molecule has 0 aliphatic carbocycles. The maximum absolute atomic E-state index is 13.7. The molecule has 1 N–H and O–H groups in total. The number of benzene rings is 3. The summed E-state index contributed by atoms with van der Waals surface area (Å²) in [5, 5.41) is 2.80. The minimum atomic E-state index is -1.01. The van der Waals surface area contributed by atoms with Gasteiger partial charge in [-0.05, 0) is 47.5 Å². The van der Waals surface area contributed by atoms with Crippen molar-refractivity contribution in [3.8, 4) is 5.75 Å². The van der Waals surface area contributed by atoms with Gasteiger partial charge >= 0.3 is 0 Å². The van der Waals surface area contributed by atoms with E-state index in [-0.39, 0.29) is 12.2 Å². The SMILES string of the molecule is COc1cccc(CN(C(=O)c2cnccn2)[C@H](C(=O)Nc2ccc(F)cc2)c2ccccc2)c1. The third kappa shape index (κ3) is 5.86. The van der Waals surface area contributed by atoms with Crippen LogP contribution in [0, 0.1) is 5.82 Å². The number of nitrogens with one attached hydrogen (secondary N) is 1.